The van der Waals surface area contributed by atoms with Crippen molar-refractivity contribution >= 4 is 34.4 Å². The van der Waals surface area contributed by atoms with Crippen LogP contribution in [-0.2, 0) is 28.3 Å². The SMILES string of the molecule is COC(=O)CC1c2[nH]c3ccc(Cl)cc3c2CCN1c1nc(C(F)(F)F)nc(C(F)(F)F)n1. The molecule has 0 bridgehead atoms. The van der Waals surface area contributed by atoms with Gasteiger partial charge < -0.3 is 14.6 Å². The Morgan fingerprint density at radius 1 is 1.15 bits per heavy atom. The van der Waals surface area contributed by atoms with Gasteiger partial charge in [0.25, 0.3) is 0 Å². The third-order valence-corrected chi connectivity index (χ3v) is 5.42. The van der Waals surface area contributed by atoms with E-state index in [0.717, 1.165) is 23.0 Å². The van der Waals surface area contributed by atoms with E-state index in [1.54, 1.807) is 18.2 Å². The van der Waals surface area contributed by atoms with Gasteiger partial charge in [0, 0.05) is 28.2 Å². The van der Waals surface area contributed by atoms with Crippen molar-refractivity contribution in [3.05, 3.63) is 46.1 Å². The van der Waals surface area contributed by atoms with Crippen molar-refractivity contribution in [3.8, 4) is 0 Å². The first-order valence-corrected chi connectivity index (χ1v) is 9.80. The van der Waals surface area contributed by atoms with Crippen LogP contribution in [0.3, 0.4) is 0 Å². The predicted octanol–water partition coefficient (Wildman–Crippen LogP) is 4.71. The van der Waals surface area contributed by atoms with Crippen molar-refractivity contribution < 1.29 is 35.9 Å². The van der Waals surface area contributed by atoms with Crippen LogP contribution >= 0.6 is 11.6 Å². The molecule has 0 radical (unpaired) electrons. The minimum Gasteiger partial charge on any atom is -0.469 e. The second-order valence-corrected chi connectivity index (χ2v) is 7.66. The van der Waals surface area contributed by atoms with Crippen molar-refractivity contribution in [2.45, 2.75) is 31.2 Å². The molecule has 1 atom stereocenters. The van der Waals surface area contributed by atoms with E-state index in [2.05, 4.69) is 24.7 Å². The van der Waals surface area contributed by atoms with Crippen LogP contribution < -0.4 is 4.90 Å². The molecule has 0 spiro atoms. The average molecular weight is 494 g/mol. The number of aromatic amines is 1. The number of nitrogens with one attached hydrogen (secondary N) is 1. The summed E-state index contributed by atoms with van der Waals surface area (Å²) in [5.41, 5.74) is 1.80. The van der Waals surface area contributed by atoms with Gasteiger partial charge in [-0.25, -0.2) is 4.98 Å². The number of methoxy groups -OCH3 is 1. The second-order valence-electron chi connectivity index (χ2n) is 7.22. The highest BCUT2D eigenvalue weighted by molar-refractivity contribution is 6.31. The molecule has 1 aromatic carbocycles. The maximum Gasteiger partial charge on any atom is 0.451 e. The first kappa shape index (κ1) is 23.1. The average Bonchev–Trinajstić information content (AvgIpc) is 3.10. The third-order valence-electron chi connectivity index (χ3n) is 5.19. The molecule has 0 fully saturated rings. The number of alkyl halides is 6. The van der Waals surface area contributed by atoms with Gasteiger partial charge in [0.05, 0.1) is 19.6 Å². The number of hydrogen-bond donors (Lipinski definition) is 1. The van der Waals surface area contributed by atoms with E-state index in [4.69, 9.17) is 11.6 Å². The number of carbonyl (C=O) groups is 1. The minimum atomic E-state index is -5.24. The Kier molecular flexibility index (Phi) is 5.63. The molecule has 2 aromatic heterocycles. The molecule has 1 N–H and O–H groups in total. The number of nitrogens with zero attached hydrogens (tertiary/aromatic N) is 4. The Morgan fingerprint density at radius 3 is 2.36 bits per heavy atom. The van der Waals surface area contributed by atoms with Crippen LogP contribution in [0.2, 0.25) is 5.02 Å². The number of anilines is 1. The summed E-state index contributed by atoms with van der Waals surface area (Å²) in [7, 11) is 1.12. The number of ether oxygens (including phenoxy) is 1. The van der Waals surface area contributed by atoms with Gasteiger partial charge in [-0.2, -0.15) is 36.3 Å². The Bertz CT molecular complexity index is 1190. The van der Waals surface area contributed by atoms with Crippen molar-refractivity contribution in [2.75, 3.05) is 18.6 Å². The van der Waals surface area contributed by atoms with Crippen LogP contribution in [0.5, 0.6) is 0 Å². The van der Waals surface area contributed by atoms with Gasteiger partial charge in [0.1, 0.15) is 0 Å². The number of hydrogen-bond acceptors (Lipinski definition) is 6. The summed E-state index contributed by atoms with van der Waals surface area (Å²) in [6, 6.07) is 3.97. The van der Waals surface area contributed by atoms with E-state index in [0.29, 0.717) is 16.2 Å². The summed E-state index contributed by atoms with van der Waals surface area (Å²) in [6.45, 7) is -0.0628. The molecule has 4 rings (SSSR count). The fourth-order valence-electron chi connectivity index (χ4n) is 3.78. The smallest absolute Gasteiger partial charge is 0.451 e. The van der Waals surface area contributed by atoms with Gasteiger partial charge in [-0.15, -0.1) is 0 Å². The number of H-pyrrole nitrogens is 1. The molecule has 7 nitrogen and oxygen atoms in total. The van der Waals surface area contributed by atoms with Crippen LogP contribution in [0.25, 0.3) is 10.9 Å². The Balaban J connectivity index is 1.88. The molecule has 33 heavy (non-hydrogen) atoms. The van der Waals surface area contributed by atoms with Gasteiger partial charge in [-0.05, 0) is 30.2 Å². The zero-order valence-electron chi connectivity index (χ0n) is 16.7. The van der Waals surface area contributed by atoms with Gasteiger partial charge in [-0.1, -0.05) is 11.6 Å². The predicted molar refractivity (Wildman–Crippen MR) is 104 cm³/mol. The van der Waals surface area contributed by atoms with Crippen LogP contribution in [0, 0.1) is 0 Å². The molecule has 1 aliphatic rings. The van der Waals surface area contributed by atoms with Gasteiger partial charge in [0.2, 0.25) is 17.6 Å². The van der Waals surface area contributed by atoms with Crippen molar-refractivity contribution in [1.82, 2.24) is 19.9 Å². The van der Waals surface area contributed by atoms with Gasteiger partial charge >= 0.3 is 18.3 Å². The van der Waals surface area contributed by atoms with Crippen LogP contribution in [0.15, 0.2) is 18.2 Å². The lowest BCUT2D eigenvalue weighted by Crippen LogP contribution is -2.39. The molecule has 0 aliphatic carbocycles. The molecular formula is C19H14ClF6N5O2. The standard InChI is InChI=1S/C19H14ClF6N5O2/c1-33-13(32)7-12-14-9(10-6-8(20)2-3-11(10)27-14)4-5-31(12)17-29-15(18(21,22)23)28-16(30-17)19(24,25)26/h2-3,6,12,27H,4-5,7H2,1H3. The molecule has 3 heterocycles. The largest absolute Gasteiger partial charge is 0.469 e. The van der Waals surface area contributed by atoms with Gasteiger partial charge in [-0.3, -0.25) is 4.79 Å². The number of benzene rings is 1. The van der Waals surface area contributed by atoms with Crippen LogP contribution in [-0.4, -0.2) is 39.6 Å². The summed E-state index contributed by atoms with van der Waals surface area (Å²) in [5.74, 6) is -5.53. The van der Waals surface area contributed by atoms with Gasteiger partial charge in [0.15, 0.2) is 0 Å². The van der Waals surface area contributed by atoms with E-state index in [1.165, 1.54) is 0 Å². The molecule has 0 amide bonds. The van der Waals surface area contributed by atoms with Crippen LogP contribution in [0.4, 0.5) is 32.3 Å². The number of rotatable bonds is 3. The highest BCUT2D eigenvalue weighted by atomic mass is 35.5. The second kappa shape index (κ2) is 8.04. The normalized spacial score (nSPS) is 16.7. The Morgan fingerprint density at radius 2 is 1.79 bits per heavy atom. The number of halogens is 7. The third kappa shape index (κ3) is 4.41. The zero-order valence-corrected chi connectivity index (χ0v) is 17.4. The summed E-state index contributed by atoms with van der Waals surface area (Å²) in [6.07, 6.45) is -10.6. The molecule has 0 saturated heterocycles. The molecule has 0 saturated carbocycles. The first-order valence-electron chi connectivity index (χ1n) is 9.42. The monoisotopic (exact) mass is 493 g/mol. The molecule has 3 aromatic rings. The molecule has 1 unspecified atom stereocenters. The lowest BCUT2D eigenvalue weighted by molar-refractivity contribution is -0.155. The topological polar surface area (TPSA) is 84.0 Å². The minimum absolute atomic E-state index is 0.0628. The molecule has 14 heteroatoms. The zero-order chi connectivity index (χ0) is 24.1. The first-order chi connectivity index (χ1) is 15.4. The number of fused-ring (bicyclic) bond motifs is 3. The quantitative estimate of drug-likeness (QED) is 0.420. The van der Waals surface area contributed by atoms with Crippen molar-refractivity contribution in [1.29, 1.82) is 0 Å². The summed E-state index contributed by atoms with van der Waals surface area (Å²) >= 11 is 6.07. The van der Waals surface area contributed by atoms with Crippen molar-refractivity contribution in [3.63, 3.8) is 0 Å². The molecule has 1 aliphatic heterocycles. The summed E-state index contributed by atoms with van der Waals surface area (Å²) in [4.78, 5) is 25.4. The Hall–Kier alpha value is -3.09. The van der Waals surface area contributed by atoms with Crippen molar-refractivity contribution in [2.24, 2.45) is 0 Å². The summed E-state index contributed by atoms with van der Waals surface area (Å²) in [5, 5.41) is 1.17. The Labute approximate surface area is 186 Å². The van der Waals surface area contributed by atoms with Crippen LogP contribution in [0.1, 0.15) is 35.4 Å². The summed E-state index contributed by atoms with van der Waals surface area (Å²) < 4.78 is 84.2. The van der Waals surface area contributed by atoms with E-state index < -0.39 is 42.0 Å². The van der Waals surface area contributed by atoms with E-state index >= 15 is 0 Å². The molecular weight excluding hydrogens is 480 g/mol. The lowest BCUT2D eigenvalue weighted by atomic mass is 9.95. The number of carbonyl (C=O) groups excluding carboxylic acids is 1. The number of aromatic nitrogens is 4. The highest BCUT2D eigenvalue weighted by Gasteiger charge is 2.43. The molecule has 176 valence electrons. The maximum absolute atomic E-state index is 13.3. The fourth-order valence-corrected chi connectivity index (χ4v) is 3.95. The van der Waals surface area contributed by atoms with E-state index in [9.17, 15) is 31.1 Å². The van der Waals surface area contributed by atoms with E-state index in [1.807, 2.05) is 0 Å². The lowest BCUT2D eigenvalue weighted by Gasteiger charge is -2.35. The highest BCUT2D eigenvalue weighted by Crippen LogP contribution is 2.40. The maximum atomic E-state index is 13.3. The number of esters is 1. The van der Waals surface area contributed by atoms with E-state index in [-0.39, 0.29) is 19.4 Å². The fraction of sp³-hybridized carbons (Fsp3) is 0.368.